The smallest absolute Gasteiger partial charge is 0.124 e. The molecular formula is C20H25N3. The van der Waals surface area contributed by atoms with Crippen molar-refractivity contribution in [3.63, 3.8) is 0 Å². The average Bonchev–Trinajstić information content (AvgIpc) is 2.90. The summed E-state index contributed by atoms with van der Waals surface area (Å²) < 4.78 is 2.39. The van der Waals surface area contributed by atoms with Crippen LogP contribution >= 0.6 is 0 Å². The lowest BCUT2D eigenvalue weighted by Gasteiger charge is -2.17. The molecule has 0 spiro atoms. The van der Waals surface area contributed by atoms with Crippen molar-refractivity contribution in [2.45, 2.75) is 39.4 Å². The second-order valence-electron chi connectivity index (χ2n) is 6.18. The lowest BCUT2D eigenvalue weighted by molar-refractivity contribution is 0.305. The fourth-order valence-electron chi connectivity index (χ4n) is 3.00. The molecule has 23 heavy (non-hydrogen) atoms. The number of hydrogen-bond acceptors (Lipinski definition) is 2. The zero-order valence-corrected chi connectivity index (χ0v) is 14.1. The highest BCUT2D eigenvalue weighted by Gasteiger charge is 2.12. The van der Waals surface area contributed by atoms with E-state index in [9.17, 15) is 0 Å². The van der Waals surface area contributed by atoms with Crippen LogP contribution in [0.5, 0.6) is 0 Å². The van der Waals surface area contributed by atoms with E-state index in [0.29, 0.717) is 0 Å². The highest BCUT2D eigenvalue weighted by molar-refractivity contribution is 5.75. The van der Waals surface area contributed by atoms with Crippen molar-refractivity contribution in [1.82, 2.24) is 14.5 Å². The number of rotatable bonds is 7. The first-order chi connectivity index (χ1) is 11.3. The molecule has 120 valence electrons. The number of aryl methyl sites for hydroxylation is 1. The third-order valence-electron chi connectivity index (χ3n) is 4.18. The molecule has 0 radical (unpaired) electrons. The van der Waals surface area contributed by atoms with E-state index in [1.165, 1.54) is 23.9 Å². The number of benzene rings is 2. The molecule has 3 nitrogen and oxygen atoms in total. The molecule has 0 saturated heterocycles. The molecule has 3 aromatic rings. The Morgan fingerprint density at radius 1 is 0.957 bits per heavy atom. The SMILES string of the molecule is CCCCn1c(CN(C)Cc2ccccc2)nc2ccccc21. The molecule has 1 aromatic heterocycles. The Morgan fingerprint density at radius 3 is 2.48 bits per heavy atom. The van der Waals surface area contributed by atoms with Gasteiger partial charge in [-0.1, -0.05) is 55.8 Å². The molecule has 0 aliphatic carbocycles. The van der Waals surface area contributed by atoms with Gasteiger partial charge in [-0.05, 0) is 31.2 Å². The van der Waals surface area contributed by atoms with E-state index < -0.39 is 0 Å². The molecule has 0 atom stereocenters. The van der Waals surface area contributed by atoms with Gasteiger partial charge >= 0.3 is 0 Å². The highest BCUT2D eigenvalue weighted by atomic mass is 15.2. The number of nitrogens with zero attached hydrogens (tertiary/aromatic N) is 3. The van der Waals surface area contributed by atoms with Crippen LogP contribution in [0.1, 0.15) is 31.2 Å². The van der Waals surface area contributed by atoms with Crippen LogP contribution in [0.4, 0.5) is 0 Å². The van der Waals surface area contributed by atoms with Crippen molar-refractivity contribution in [3.8, 4) is 0 Å². The molecule has 0 aliphatic heterocycles. The first-order valence-corrected chi connectivity index (χ1v) is 8.44. The van der Waals surface area contributed by atoms with Gasteiger partial charge in [-0.2, -0.15) is 0 Å². The molecule has 0 amide bonds. The molecule has 0 aliphatic rings. The lowest BCUT2D eigenvalue weighted by atomic mass is 10.2. The van der Waals surface area contributed by atoms with Crippen molar-refractivity contribution in [3.05, 3.63) is 66.0 Å². The summed E-state index contributed by atoms with van der Waals surface area (Å²) in [6.45, 7) is 5.09. The number of imidazole rings is 1. The topological polar surface area (TPSA) is 21.1 Å². The van der Waals surface area contributed by atoms with E-state index in [1.54, 1.807) is 0 Å². The molecule has 0 saturated carbocycles. The normalized spacial score (nSPS) is 11.4. The van der Waals surface area contributed by atoms with Crippen molar-refractivity contribution >= 4 is 11.0 Å². The van der Waals surface area contributed by atoms with Gasteiger partial charge in [-0.15, -0.1) is 0 Å². The molecule has 0 unspecified atom stereocenters. The van der Waals surface area contributed by atoms with Gasteiger partial charge in [-0.3, -0.25) is 4.90 Å². The number of fused-ring (bicyclic) bond motifs is 1. The summed E-state index contributed by atoms with van der Waals surface area (Å²) in [7, 11) is 2.16. The predicted octanol–water partition coefficient (Wildman–Crippen LogP) is 4.47. The Hall–Kier alpha value is -2.13. The Balaban J connectivity index is 1.80. The Labute approximate surface area is 138 Å². The van der Waals surface area contributed by atoms with Crippen LogP contribution in [0.3, 0.4) is 0 Å². The summed E-state index contributed by atoms with van der Waals surface area (Å²) in [5.41, 5.74) is 3.70. The third-order valence-corrected chi connectivity index (χ3v) is 4.18. The van der Waals surface area contributed by atoms with Crippen molar-refractivity contribution in [2.24, 2.45) is 0 Å². The summed E-state index contributed by atoms with van der Waals surface area (Å²) in [5.74, 6) is 1.16. The second-order valence-corrected chi connectivity index (χ2v) is 6.18. The maximum absolute atomic E-state index is 4.87. The first-order valence-electron chi connectivity index (χ1n) is 8.44. The number of unbranched alkanes of at least 4 members (excludes halogenated alkanes) is 1. The highest BCUT2D eigenvalue weighted by Crippen LogP contribution is 2.18. The summed E-state index contributed by atoms with van der Waals surface area (Å²) in [6, 6.07) is 19.1. The van der Waals surface area contributed by atoms with Gasteiger partial charge in [0.1, 0.15) is 5.82 Å². The largest absolute Gasteiger partial charge is 0.327 e. The van der Waals surface area contributed by atoms with E-state index in [-0.39, 0.29) is 0 Å². The molecule has 0 bridgehead atoms. The van der Waals surface area contributed by atoms with E-state index in [2.05, 4.69) is 78.0 Å². The molecule has 0 N–H and O–H groups in total. The predicted molar refractivity (Wildman–Crippen MR) is 96.3 cm³/mol. The van der Waals surface area contributed by atoms with Crippen molar-refractivity contribution < 1.29 is 0 Å². The van der Waals surface area contributed by atoms with Crippen LogP contribution in [-0.2, 0) is 19.6 Å². The summed E-state index contributed by atoms with van der Waals surface area (Å²) in [5, 5.41) is 0. The van der Waals surface area contributed by atoms with Gasteiger partial charge < -0.3 is 4.57 Å². The minimum atomic E-state index is 0.868. The fourth-order valence-corrected chi connectivity index (χ4v) is 3.00. The van der Waals surface area contributed by atoms with E-state index in [1.807, 2.05) is 0 Å². The van der Waals surface area contributed by atoms with Crippen LogP contribution < -0.4 is 0 Å². The molecular weight excluding hydrogens is 282 g/mol. The fraction of sp³-hybridized carbons (Fsp3) is 0.350. The number of para-hydroxylation sites is 2. The Morgan fingerprint density at radius 2 is 1.70 bits per heavy atom. The van der Waals surface area contributed by atoms with Crippen LogP contribution in [0, 0.1) is 0 Å². The standard InChI is InChI=1S/C20H25N3/c1-3-4-14-23-19-13-9-8-12-18(19)21-20(23)16-22(2)15-17-10-6-5-7-11-17/h5-13H,3-4,14-16H2,1-2H3. The summed E-state index contributed by atoms with van der Waals surface area (Å²) in [6.07, 6.45) is 2.39. The van der Waals surface area contributed by atoms with Gasteiger partial charge in [0.2, 0.25) is 0 Å². The monoisotopic (exact) mass is 307 g/mol. The van der Waals surface area contributed by atoms with Gasteiger partial charge in [0.05, 0.1) is 17.6 Å². The zero-order chi connectivity index (χ0) is 16.1. The second kappa shape index (κ2) is 7.42. The van der Waals surface area contributed by atoms with Gasteiger partial charge in [-0.25, -0.2) is 4.98 Å². The van der Waals surface area contributed by atoms with Gasteiger partial charge in [0, 0.05) is 13.1 Å². The summed E-state index contributed by atoms with van der Waals surface area (Å²) in [4.78, 5) is 7.20. The van der Waals surface area contributed by atoms with Crippen LogP contribution in [0.2, 0.25) is 0 Å². The average molecular weight is 307 g/mol. The molecule has 2 aromatic carbocycles. The minimum absolute atomic E-state index is 0.868. The molecule has 0 fully saturated rings. The third kappa shape index (κ3) is 3.80. The Bertz CT molecular complexity index is 746. The molecule has 1 heterocycles. The number of hydrogen-bond donors (Lipinski definition) is 0. The van der Waals surface area contributed by atoms with Crippen LogP contribution in [0.25, 0.3) is 11.0 Å². The van der Waals surface area contributed by atoms with Crippen molar-refractivity contribution in [1.29, 1.82) is 0 Å². The quantitative estimate of drug-likeness (QED) is 0.642. The first kappa shape index (κ1) is 15.8. The maximum atomic E-state index is 4.87. The van der Waals surface area contributed by atoms with Gasteiger partial charge in [0.15, 0.2) is 0 Å². The van der Waals surface area contributed by atoms with Crippen LogP contribution in [0.15, 0.2) is 54.6 Å². The maximum Gasteiger partial charge on any atom is 0.124 e. The lowest BCUT2D eigenvalue weighted by Crippen LogP contribution is -2.20. The zero-order valence-electron chi connectivity index (χ0n) is 14.1. The Kier molecular flexibility index (Phi) is 5.09. The van der Waals surface area contributed by atoms with E-state index in [0.717, 1.165) is 31.0 Å². The van der Waals surface area contributed by atoms with Crippen molar-refractivity contribution in [2.75, 3.05) is 7.05 Å². The summed E-state index contributed by atoms with van der Waals surface area (Å²) >= 11 is 0. The van der Waals surface area contributed by atoms with Gasteiger partial charge in [0.25, 0.3) is 0 Å². The van der Waals surface area contributed by atoms with E-state index >= 15 is 0 Å². The van der Waals surface area contributed by atoms with E-state index in [4.69, 9.17) is 4.98 Å². The van der Waals surface area contributed by atoms with Crippen LogP contribution in [-0.4, -0.2) is 21.5 Å². The molecule has 3 heteroatoms. The number of aromatic nitrogens is 2. The minimum Gasteiger partial charge on any atom is -0.327 e. The molecule has 3 rings (SSSR count).